The quantitative estimate of drug-likeness (QED) is 0.711. The summed E-state index contributed by atoms with van der Waals surface area (Å²) in [7, 11) is -1.81. The number of sulfonamides is 1. The van der Waals surface area contributed by atoms with Crippen LogP contribution in [-0.2, 0) is 10.0 Å². The van der Waals surface area contributed by atoms with Crippen molar-refractivity contribution in [3.05, 3.63) is 53.6 Å². The third kappa shape index (κ3) is 5.19. The first-order valence-corrected chi connectivity index (χ1v) is 11.6. The molecule has 0 amide bonds. The van der Waals surface area contributed by atoms with E-state index in [4.69, 9.17) is 17.0 Å². The van der Waals surface area contributed by atoms with Gasteiger partial charge in [0.25, 0.3) is 0 Å². The third-order valence-corrected chi connectivity index (χ3v) is 6.32. The minimum absolute atomic E-state index is 0.00975. The second-order valence-electron chi connectivity index (χ2n) is 8.04. The first kappa shape index (κ1) is 21.4. The van der Waals surface area contributed by atoms with Gasteiger partial charge in [-0.2, -0.15) is 0 Å². The van der Waals surface area contributed by atoms with Gasteiger partial charge in [-0.05, 0) is 57.3 Å². The number of rotatable bonds is 4. The van der Waals surface area contributed by atoms with Crippen LogP contribution in [0.25, 0.3) is 0 Å². The summed E-state index contributed by atoms with van der Waals surface area (Å²) in [5.41, 5.74) is 3.21. The highest BCUT2D eigenvalue weighted by atomic mass is 32.2. The lowest BCUT2D eigenvalue weighted by atomic mass is 9.89. The Kier molecular flexibility index (Phi) is 5.78. The SMILES string of the molecule is Cc1ccc2c(c1)[C@@H](NC(=S)Nc1cccc(N(C)S(C)(=O)=O)c1)CC(C)(C)O2. The smallest absolute Gasteiger partial charge is 0.231 e. The number of benzene rings is 2. The molecule has 8 heteroatoms. The Morgan fingerprint density at radius 1 is 1.24 bits per heavy atom. The van der Waals surface area contributed by atoms with Gasteiger partial charge in [-0.3, -0.25) is 4.31 Å². The molecule has 0 unspecified atom stereocenters. The van der Waals surface area contributed by atoms with Crippen molar-refractivity contribution in [2.24, 2.45) is 0 Å². The molecule has 0 aliphatic carbocycles. The van der Waals surface area contributed by atoms with Gasteiger partial charge in [-0.25, -0.2) is 8.42 Å². The molecule has 0 radical (unpaired) electrons. The number of nitrogens with zero attached hydrogens (tertiary/aromatic N) is 1. The van der Waals surface area contributed by atoms with Crippen molar-refractivity contribution in [3.63, 3.8) is 0 Å². The number of fused-ring (bicyclic) bond motifs is 1. The molecule has 0 spiro atoms. The Labute approximate surface area is 178 Å². The van der Waals surface area contributed by atoms with Gasteiger partial charge in [-0.15, -0.1) is 0 Å². The Morgan fingerprint density at radius 2 is 1.97 bits per heavy atom. The van der Waals surface area contributed by atoms with E-state index < -0.39 is 10.0 Å². The zero-order valence-corrected chi connectivity index (χ0v) is 18.9. The molecule has 1 atom stereocenters. The minimum Gasteiger partial charge on any atom is -0.487 e. The molecule has 0 saturated heterocycles. The summed E-state index contributed by atoms with van der Waals surface area (Å²) in [5.74, 6) is 0.865. The summed E-state index contributed by atoms with van der Waals surface area (Å²) >= 11 is 5.54. The zero-order valence-electron chi connectivity index (χ0n) is 17.3. The standard InChI is InChI=1S/C21H27N3O3S2/c1-14-9-10-19-17(11-14)18(13-21(2,3)27-19)23-20(28)22-15-7-6-8-16(12-15)24(4)29(5,25)26/h6-12,18H,13H2,1-5H3,(H2,22,23,28)/t18-/m0/s1. The van der Waals surface area contributed by atoms with Gasteiger partial charge in [0, 0.05) is 24.7 Å². The third-order valence-electron chi connectivity index (χ3n) is 4.89. The van der Waals surface area contributed by atoms with E-state index >= 15 is 0 Å². The first-order chi connectivity index (χ1) is 13.4. The molecule has 3 rings (SSSR count). The molecular formula is C21H27N3O3S2. The predicted molar refractivity (Wildman–Crippen MR) is 122 cm³/mol. The number of thiocarbonyl (C=S) groups is 1. The fourth-order valence-electron chi connectivity index (χ4n) is 3.40. The summed E-state index contributed by atoms with van der Waals surface area (Å²) in [6, 6.07) is 13.3. The Morgan fingerprint density at radius 3 is 2.66 bits per heavy atom. The van der Waals surface area contributed by atoms with Crippen molar-refractivity contribution < 1.29 is 13.2 Å². The summed E-state index contributed by atoms with van der Waals surface area (Å²) in [6.07, 6.45) is 1.94. The lowest BCUT2D eigenvalue weighted by Crippen LogP contribution is -2.42. The highest BCUT2D eigenvalue weighted by molar-refractivity contribution is 7.92. The van der Waals surface area contributed by atoms with Crippen LogP contribution in [0.4, 0.5) is 11.4 Å². The van der Waals surface area contributed by atoms with E-state index in [-0.39, 0.29) is 11.6 Å². The van der Waals surface area contributed by atoms with Gasteiger partial charge in [0.05, 0.1) is 18.0 Å². The molecule has 0 bridgehead atoms. The average Bonchev–Trinajstić information content (AvgIpc) is 2.60. The van der Waals surface area contributed by atoms with Gasteiger partial charge in [0.1, 0.15) is 11.4 Å². The van der Waals surface area contributed by atoms with E-state index in [0.717, 1.165) is 23.3 Å². The number of nitrogens with one attached hydrogen (secondary N) is 2. The molecule has 0 aromatic heterocycles. The van der Waals surface area contributed by atoms with E-state index in [1.165, 1.54) is 17.6 Å². The molecule has 0 saturated carbocycles. The molecule has 2 N–H and O–H groups in total. The molecule has 1 heterocycles. The first-order valence-electron chi connectivity index (χ1n) is 9.36. The number of ether oxygens (including phenoxy) is 1. The number of anilines is 2. The van der Waals surface area contributed by atoms with Crippen molar-refractivity contribution in [2.75, 3.05) is 22.9 Å². The van der Waals surface area contributed by atoms with Gasteiger partial charge < -0.3 is 15.4 Å². The highest BCUT2D eigenvalue weighted by Gasteiger charge is 2.34. The van der Waals surface area contributed by atoms with Crippen LogP contribution in [0.2, 0.25) is 0 Å². The Hall–Kier alpha value is -2.32. The van der Waals surface area contributed by atoms with Crippen molar-refractivity contribution in [3.8, 4) is 5.75 Å². The maximum Gasteiger partial charge on any atom is 0.231 e. The van der Waals surface area contributed by atoms with Crippen LogP contribution in [0.1, 0.15) is 37.4 Å². The second kappa shape index (κ2) is 7.84. The number of hydrogen-bond donors (Lipinski definition) is 2. The van der Waals surface area contributed by atoms with Crippen LogP contribution in [-0.4, -0.2) is 32.4 Å². The Bertz CT molecular complexity index is 1040. The van der Waals surface area contributed by atoms with Crippen LogP contribution in [0, 0.1) is 6.92 Å². The van der Waals surface area contributed by atoms with E-state index in [1.54, 1.807) is 18.2 Å². The normalized spacial score (nSPS) is 17.6. The average molecular weight is 434 g/mol. The summed E-state index contributed by atoms with van der Waals surface area (Å²) in [4.78, 5) is 0. The number of hydrogen-bond acceptors (Lipinski definition) is 4. The highest BCUT2D eigenvalue weighted by Crippen LogP contribution is 2.39. The van der Waals surface area contributed by atoms with Gasteiger partial charge in [0.15, 0.2) is 5.11 Å². The molecular weight excluding hydrogens is 406 g/mol. The molecule has 0 fully saturated rings. The minimum atomic E-state index is -3.33. The molecule has 1 aliphatic heterocycles. The molecule has 156 valence electrons. The van der Waals surface area contributed by atoms with Crippen LogP contribution in [0.5, 0.6) is 5.75 Å². The van der Waals surface area contributed by atoms with Crippen LogP contribution in [0.15, 0.2) is 42.5 Å². The fraction of sp³-hybridized carbons (Fsp3) is 0.381. The monoisotopic (exact) mass is 433 g/mol. The van der Waals surface area contributed by atoms with Crippen molar-refractivity contribution in [1.82, 2.24) is 5.32 Å². The Balaban J connectivity index is 1.77. The fourth-order valence-corrected chi connectivity index (χ4v) is 4.16. The summed E-state index contributed by atoms with van der Waals surface area (Å²) in [6.45, 7) is 6.17. The molecule has 2 aromatic rings. The molecule has 2 aromatic carbocycles. The van der Waals surface area contributed by atoms with Crippen molar-refractivity contribution in [2.45, 2.75) is 38.8 Å². The molecule has 6 nitrogen and oxygen atoms in total. The van der Waals surface area contributed by atoms with Crippen LogP contribution in [0.3, 0.4) is 0 Å². The summed E-state index contributed by atoms with van der Waals surface area (Å²) in [5, 5.41) is 7.03. The molecule has 1 aliphatic rings. The zero-order chi connectivity index (χ0) is 21.4. The van der Waals surface area contributed by atoms with Crippen LogP contribution < -0.4 is 19.7 Å². The van der Waals surface area contributed by atoms with E-state index in [9.17, 15) is 8.42 Å². The van der Waals surface area contributed by atoms with E-state index in [2.05, 4.69) is 37.5 Å². The predicted octanol–water partition coefficient (Wildman–Crippen LogP) is 3.98. The lowest BCUT2D eigenvalue weighted by Gasteiger charge is -2.38. The van der Waals surface area contributed by atoms with Gasteiger partial charge in [-0.1, -0.05) is 23.8 Å². The number of aryl methyl sites for hydroxylation is 1. The topological polar surface area (TPSA) is 70.7 Å². The maximum atomic E-state index is 11.8. The molecule has 29 heavy (non-hydrogen) atoms. The second-order valence-corrected chi connectivity index (χ2v) is 10.5. The van der Waals surface area contributed by atoms with Gasteiger partial charge >= 0.3 is 0 Å². The summed E-state index contributed by atoms with van der Waals surface area (Å²) < 4.78 is 30.9. The van der Waals surface area contributed by atoms with Crippen LogP contribution >= 0.6 is 12.2 Å². The van der Waals surface area contributed by atoms with Crippen molar-refractivity contribution >= 4 is 38.7 Å². The lowest BCUT2D eigenvalue weighted by molar-refractivity contribution is 0.0696. The van der Waals surface area contributed by atoms with E-state index in [1.807, 2.05) is 18.2 Å². The van der Waals surface area contributed by atoms with Crippen molar-refractivity contribution in [1.29, 1.82) is 0 Å². The maximum absolute atomic E-state index is 11.8. The largest absolute Gasteiger partial charge is 0.487 e. The van der Waals surface area contributed by atoms with Gasteiger partial charge in [0.2, 0.25) is 10.0 Å². The van der Waals surface area contributed by atoms with E-state index in [0.29, 0.717) is 16.5 Å².